The molecule has 10 nitrogen and oxygen atoms in total. The highest BCUT2D eigenvalue weighted by molar-refractivity contribution is 6.35. The molecule has 0 amide bonds. The van der Waals surface area contributed by atoms with E-state index >= 15 is 0 Å². The molecule has 2 saturated heterocycles. The quantitative estimate of drug-likeness (QED) is 0.243. The molecule has 220 valence electrons. The van der Waals surface area contributed by atoms with Crippen LogP contribution in [0.25, 0.3) is 0 Å². The van der Waals surface area contributed by atoms with E-state index in [4.69, 9.17) is 37.4 Å². The van der Waals surface area contributed by atoms with Crippen LogP contribution in [-0.2, 0) is 21.8 Å². The number of quaternary nitrogens is 2. The van der Waals surface area contributed by atoms with Crippen molar-refractivity contribution in [3.63, 3.8) is 0 Å². The Bertz CT molecular complexity index is 1240. The average Bonchev–Trinajstić information content (AvgIpc) is 3.55. The Morgan fingerprint density at radius 1 is 1.07 bits per heavy atom. The summed E-state index contributed by atoms with van der Waals surface area (Å²) < 4.78 is 19.3. The van der Waals surface area contributed by atoms with Gasteiger partial charge in [0.05, 0.1) is 17.7 Å². The predicted octanol–water partition coefficient (Wildman–Crippen LogP) is 5.32. The van der Waals surface area contributed by atoms with Crippen molar-refractivity contribution >= 4 is 53.7 Å². The van der Waals surface area contributed by atoms with E-state index in [0.29, 0.717) is 40.1 Å². The topological polar surface area (TPSA) is 105 Å². The summed E-state index contributed by atoms with van der Waals surface area (Å²) in [6.07, 6.45) is 2.63. The van der Waals surface area contributed by atoms with Crippen LogP contribution in [0.5, 0.6) is 5.75 Å². The van der Waals surface area contributed by atoms with E-state index in [1.807, 2.05) is 13.8 Å². The van der Waals surface area contributed by atoms with Gasteiger partial charge in [0.1, 0.15) is 69.5 Å². The molecule has 5 rings (SSSR count). The third kappa shape index (κ3) is 6.84. The second-order valence-electron chi connectivity index (χ2n) is 10.2. The predicted molar refractivity (Wildman–Crippen MR) is 159 cm³/mol. The van der Waals surface area contributed by atoms with E-state index < -0.39 is 10.4 Å². The van der Waals surface area contributed by atoms with Gasteiger partial charge in [0.15, 0.2) is 0 Å². The van der Waals surface area contributed by atoms with Gasteiger partial charge >= 0.3 is 0 Å². The van der Waals surface area contributed by atoms with Crippen molar-refractivity contribution < 1.29 is 18.9 Å². The second-order valence-corrected chi connectivity index (χ2v) is 11.0. The molecule has 0 N–H and O–H groups in total. The van der Waals surface area contributed by atoms with Crippen LogP contribution in [0.15, 0.2) is 55.1 Å². The zero-order valence-electron chi connectivity index (χ0n) is 22.2. The molecule has 2 aliphatic heterocycles. The maximum Gasteiger partial charge on any atom is 0.217 e. The molecule has 0 aliphatic carbocycles. The molecule has 1 aromatic heterocycles. The summed E-state index contributed by atoms with van der Waals surface area (Å²) in [4.78, 5) is 4.00. The van der Waals surface area contributed by atoms with Crippen LogP contribution in [0.3, 0.4) is 0 Å². The first-order valence-electron chi connectivity index (χ1n) is 12.6. The van der Waals surface area contributed by atoms with Gasteiger partial charge in [0, 0.05) is 22.7 Å². The van der Waals surface area contributed by atoms with Gasteiger partial charge in [-0.15, -0.1) is 24.8 Å². The number of aromatic nitrogens is 3. The Labute approximate surface area is 255 Å². The maximum atomic E-state index is 13.4. The van der Waals surface area contributed by atoms with Crippen molar-refractivity contribution in [2.75, 3.05) is 39.4 Å². The molecule has 2 aliphatic rings. The minimum Gasteiger partial charge on any atom is -0.632 e. The van der Waals surface area contributed by atoms with Crippen molar-refractivity contribution in [1.29, 1.82) is 0 Å². The molecule has 0 bridgehead atoms. The Balaban J connectivity index is 0.00000220. The summed E-state index contributed by atoms with van der Waals surface area (Å²) in [5, 5.41) is 31.3. The molecule has 0 spiro atoms. The molecular formula is C26H33Cl4N5O5. The minimum atomic E-state index is -1.19. The summed E-state index contributed by atoms with van der Waals surface area (Å²) in [6.45, 7) is 5.70. The number of benzene rings is 2. The van der Waals surface area contributed by atoms with Crippen LogP contribution in [0, 0.1) is 10.4 Å². The molecule has 3 heterocycles. The number of hydroxylamine groups is 5. The first kappa shape index (κ1) is 32.8. The van der Waals surface area contributed by atoms with Crippen LogP contribution >= 0.6 is 48.0 Å². The van der Waals surface area contributed by atoms with E-state index in [1.54, 1.807) is 53.5 Å². The summed E-state index contributed by atoms with van der Waals surface area (Å²) in [5.74, 6) is -0.582. The SMILES string of the molecule is CC(C)[N+]1([O-])CC[N+]([O-])(c2ccc(OC[C@H]3CO[C@](Cn4cncn4)(c4ccc(Cl)cc4Cl)O3)cc2)CC1.Cl.Cl. The van der Waals surface area contributed by atoms with Crippen molar-refractivity contribution in [3.05, 3.63) is 81.1 Å². The Hall–Kier alpha value is -1.70. The summed E-state index contributed by atoms with van der Waals surface area (Å²) in [7, 11) is 0. The van der Waals surface area contributed by atoms with Crippen molar-refractivity contribution in [2.45, 2.75) is 38.3 Å². The lowest BCUT2D eigenvalue weighted by atomic mass is 10.1. The number of nitrogens with zero attached hydrogens (tertiary/aromatic N) is 5. The molecule has 2 aromatic carbocycles. The van der Waals surface area contributed by atoms with Gasteiger partial charge in [-0.2, -0.15) is 5.10 Å². The van der Waals surface area contributed by atoms with E-state index in [9.17, 15) is 10.4 Å². The highest BCUT2D eigenvalue weighted by Gasteiger charge is 2.45. The Morgan fingerprint density at radius 2 is 1.77 bits per heavy atom. The summed E-state index contributed by atoms with van der Waals surface area (Å²) in [5.41, 5.74) is 1.26. The number of piperazine rings is 1. The zero-order chi connectivity index (χ0) is 27.0. The van der Waals surface area contributed by atoms with Gasteiger partial charge in [0.2, 0.25) is 5.79 Å². The maximum absolute atomic E-state index is 13.4. The zero-order valence-corrected chi connectivity index (χ0v) is 25.3. The van der Waals surface area contributed by atoms with Gasteiger partial charge in [-0.05, 0) is 38.1 Å². The molecule has 2 atom stereocenters. The van der Waals surface area contributed by atoms with Crippen LogP contribution in [0.4, 0.5) is 5.69 Å². The first-order chi connectivity index (χ1) is 18.1. The van der Waals surface area contributed by atoms with E-state index in [0.717, 1.165) is 0 Å². The van der Waals surface area contributed by atoms with Crippen molar-refractivity contribution in [3.8, 4) is 5.75 Å². The molecule has 0 saturated carbocycles. The first-order valence-corrected chi connectivity index (χ1v) is 13.4. The summed E-state index contributed by atoms with van der Waals surface area (Å²) >= 11 is 12.6. The third-order valence-corrected chi connectivity index (χ3v) is 7.95. The van der Waals surface area contributed by atoms with Crippen molar-refractivity contribution in [2.24, 2.45) is 0 Å². The van der Waals surface area contributed by atoms with E-state index in [1.165, 1.54) is 6.33 Å². The Kier molecular flexibility index (Phi) is 10.7. The second kappa shape index (κ2) is 13.1. The van der Waals surface area contributed by atoms with E-state index in [2.05, 4.69) is 10.1 Å². The lowest BCUT2D eigenvalue weighted by Gasteiger charge is -2.55. The van der Waals surface area contributed by atoms with Crippen LogP contribution in [0.1, 0.15) is 19.4 Å². The third-order valence-electron chi connectivity index (χ3n) is 7.40. The minimum absolute atomic E-state index is 0. The van der Waals surface area contributed by atoms with Gasteiger partial charge in [-0.3, -0.25) is 0 Å². The monoisotopic (exact) mass is 635 g/mol. The van der Waals surface area contributed by atoms with Gasteiger partial charge < -0.3 is 33.9 Å². The fourth-order valence-corrected chi connectivity index (χ4v) is 5.50. The van der Waals surface area contributed by atoms with Crippen LogP contribution < -0.4 is 9.38 Å². The van der Waals surface area contributed by atoms with Crippen LogP contribution in [-0.4, -0.2) is 70.9 Å². The van der Waals surface area contributed by atoms with E-state index in [-0.39, 0.29) is 74.5 Å². The molecule has 40 heavy (non-hydrogen) atoms. The van der Waals surface area contributed by atoms with Gasteiger partial charge in [-0.25, -0.2) is 9.67 Å². The normalized spacial score (nSPS) is 28.1. The molecule has 0 unspecified atom stereocenters. The van der Waals surface area contributed by atoms with Crippen LogP contribution in [0.2, 0.25) is 10.0 Å². The number of ether oxygens (including phenoxy) is 3. The molecular weight excluding hydrogens is 604 g/mol. The number of halogens is 4. The largest absolute Gasteiger partial charge is 0.632 e. The molecule has 14 heteroatoms. The molecule has 0 radical (unpaired) electrons. The number of rotatable bonds is 8. The van der Waals surface area contributed by atoms with Gasteiger partial charge in [0.25, 0.3) is 0 Å². The summed E-state index contributed by atoms with van der Waals surface area (Å²) in [6, 6.07) is 12.2. The lowest BCUT2D eigenvalue weighted by molar-refractivity contribution is -0.905. The fraction of sp³-hybridized carbons (Fsp3) is 0.462. The van der Waals surface area contributed by atoms with Crippen molar-refractivity contribution in [1.82, 2.24) is 19.4 Å². The number of hydrogen-bond acceptors (Lipinski definition) is 7. The molecule has 2 fully saturated rings. The van der Waals surface area contributed by atoms with Gasteiger partial charge in [-0.1, -0.05) is 29.3 Å². The fourth-order valence-electron chi connectivity index (χ4n) is 4.95. The molecule has 3 aromatic rings. The smallest absolute Gasteiger partial charge is 0.217 e. The standard InChI is InChI=1S/C26H31Cl2N5O5.2ClH/c1-19(2)32(34)9-11-33(35,12-10-32)21-4-6-22(7-5-21)36-14-23-15-37-26(38-23,16-31-18-29-17-30-31)24-8-3-20(27)13-25(24)28;;/h3-8,13,17-19,23H,9-12,14-16H2,1-2H3;2*1H/t23-,26-,32?,33?;;/m0../s1. The highest BCUT2D eigenvalue weighted by atomic mass is 35.5. The Morgan fingerprint density at radius 3 is 2.38 bits per heavy atom. The average molecular weight is 637 g/mol. The highest BCUT2D eigenvalue weighted by Crippen LogP contribution is 2.40. The number of hydrogen-bond donors (Lipinski definition) is 0. The lowest BCUT2D eigenvalue weighted by Crippen LogP contribution is -2.65.